The lowest BCUT2D eigenvalue weighted by Gasteiger charge is -2.49. The van der Waals surface area contributed by atoms with Gasteiger partial charge in [0.15, 0.2) is 0 Å². The minimum Gasteiger partial charge on any atom is -0.283 e. The SMILES string of the molecule is O=C1N(S(=O)(=O)O)C(=O)C2(S(=O)(=O)O)N(S(=O)(=O)O)C(=O)N(S(=O)(=O)O)C2(S(=O)(=O)O)N1S(=O)(=O)O. The zero-order chi connectivity index (χ0) is 29.0. The first-order chi connectivity index (χ1) is 15.5. The summed E-state index contributed by atoms with van der Waals surface area (Å²) in [5, 5.41) is 0. The van der Waals surface area contributed by atoms with E-state index in [1.54, 1.807) is 0 Å². The average molecular weight is 651 g/mol. The van der Waals surface area contributed by atoms with E-state index in [-0.39, 0.29) is 0 Å². The fourth-order valence-electron chi connectivity index (χ4n) is 3.24. The molecule has 0 spiro atoms. The van der Waals surface area contributed by atoms with E-state index in [1.165, 1.54) is 0 Å². The van der Waals surface area contributed by atoms with Crippen LogP contribution in [0.15, 0.2) is 0 Å². The normalized spacial score (nSPS) is 27.0. The zero-order valence-corrected chi connectivity index (χ0v) is 20.4. The Hall–Kier alpha value is -2.33. The molecule has 2 aliphatic heterocycles. The van der Waals surface area contributed by atoms with Crippen molar-refractivity contribution < 1.29 is 92.2 Å². The minimum atomic E-state index is -7.64. The molecule has 2 aliphatic rings. The Morgan fingerprint density at radius 3 is 1.06 bits per heavy atom. The van der Waals surface area contributed by atoms with Crippen LogP contribution in [-0.2, 0) is 66.2 Å². The van der Waals surface area contributed by atoms with Gasteiger partial charge in [0.25, 0.3) is 5.91 Å². The van der Waals surface area contributed by atoms with Crippen molar-refractivity contribution in [1.29, 1.82) is 0 Å². The molecule has 208 valence electrons. The summed E-state index contributed by atoms with van der Waals surface area (Å²) < 4.78 is 191. The molecular weight excluding hydrogens is 644 g/mol. The number of amides is 5. The second-order valence-electron chi connectivity index (χ2n) is 6.04. The first-order valence-electron chi connectivity index (χ1n) is 7.14. The van der Waals surface area contributed by atoms with E-state index in [0.717, 1.165) is 0 Å². The molecule has 36 heavy (non-hydrogen) atoms. The first kappa shape index (κ1) is 29.9. The summed E-state index contributed by atoms with van der Waals surface area (Å²) in [7, 11) is -43.6. The van der Waals surface area contributed by atoms with Gasteiger partial charge >= 0.3 is 83.4 Å². The molecule has 2 unspecified atom stereocenters. The van der Waals surface area contributed by atoms with Gasteiger partial charge in [-0.2, -0.15) is 54.8 Å². The van der Waals surface area contributed by atoms with Crippen LogP contribution < -0.4 is 0 Å². The van der Waals surface area contributed by atoms with Crippen LogP contribution in [0.5, 0.6) is 0 Å². The van der Waals surface area contributed by atoms with Crippen molar-refractivity contribution in [2.75, 3.05) is 0 Å². The highest BCUT2D eigenvalue weighted by Crippen LogP contribution is 2.56. The van der Waals surface area contributed by atoms with Crippen molar-refractivity contribution in [3.63, 3.8) is 0 Å². The van der Waals surface area contributed by atoms with Gasteiger partial charge in [-0.15, -0.1) is 12.9 Å². The Morgan fingerprint density at radius 1 is 0.472 bits per heavy atom. The lowest BCUT2D eigenvalue weighted by Crippen LogP contribution is -2.87. The van der Waals surface area contributed by atoms with Gasteiger partial charge in [0.05, 0.1) is 0 Å². The van der Waals surface area contributed by atoms with Crippen molar-refractivity contribution in [3.05, 3.63) is 0 Å². The largest absolute Gasteiger partial charge is 0.370 e. The van der Waals surface area contributed by atoms with E-state index in [4.69, 9.17) is 4.55 Å². The molecule has 0 radical (unpaired) electrons. The smallest absolute Gasteiger partial charge is 0.283 e. The molecule has 0 aromatic heterocycles. The van der Waals surface area contributed by atoms with Crippen LogP contribution in [0.4, 0.5) is 9.59 Å². The van der Waals surface area contributed by atoms with Gasteiger partial charge in [-0.3, -0.25) is 32.1 Å². The van der Waals surface area contributed by atoms with Crippen molar-refractivity contribution in [2.45, 2.75) is 9.87 Å². The second-order valence-corrected chi connectivity index (χ2v) is 14.1. The number of carbonyl (C=O) groups is 3. The van der Waals surface area contributed by atoms with Crippen molar-refractivity contribution in [2.24, 2.45) is 0 Å². The van der Waals surface area contributed by atoms with Gasteiger partial charge < -0.3 is 0 Å². The Morgan fingerprint density at radius 2 is 0.806 bits per heavy atom. The van der Waals surface area contributed by atoms with Crippen molar-refractivity contribution in [3.8, 4) is 0 Å². The average Bonchev–Trinajstić information content (AvgIpc) is 2.78. The van der Waals surface area contributed by atoms with Crippen LogP contribution in [0.3, 0.4) is 0 Å². The summed E-state index contributed by atoms with van der Waals surface area (Å²) in [4.78, 5) is 25.6. The van der Waals surface area contributed by atoms with Crippen LogP contribution in [0.1, 0.15) is 0 Å². The third kappa shape index (κ3) is 3.47. The number of carbonyl (C=O) groups excluding carboxylic acids is 3. The summed E-state index contributed by atoms with van der Waals surface area (Å²) in [6.45, 7) is 0. The third-order valence-corrected chi connectivity index (χ3v) is 10.8. The molecule has 0 aromatic carbocycles. The maximum Gasteiger partial charge on any atom is 0.370 e. The maximum absolute atomic E-state index is 12.9. The predicted octanol–water partition coefficient (Wildman–Crippen LogP) is -5.67. The Bertz CT molecular complexity index is 1750. The monoisotopic (exact) mass is 650 g/mol. The molecule has 6 N–H and O–H groups in total. The molecular formula is C5H6N4O21S6. The van der Waals surface area contributed by atoms with Crippen molar-refractivity contribution >= 4 is 79.4 Å². The van der Waals surface area contributed by atoms with Gasteiger partial charge in [0.1, 0.15) is 0 Å². The molecule has 0 bridgehead atoms. The topological polar surface area (TPSA) is 390 Å². The molecule has 0 saturated carbocycles. The molecule has 25 nitrogen and oxygen atoms in total. The molecule has 2 fully saturated rings. The molecule has 2 atom stereocenters. The van der Waals surface area contributed by atoms with Gasteiger partial charge in [0, 0.05) is 0 Å². The minimum absolute atomic E-state index is 2.16. The number of hydrogen-bond acceptors (Lipinski definition) is 15. The number of imide groups is 1. The zero-order valence-electron chi connectivity index (χ0n) is 15.5. The molecule has 2 saturated heterocycles. The van der Waals surface area contributed by atoms with E-state index in [9.17, 15) is 87.7 Å². The maximum atomic E-state index is 12.9. The van der Waals surface area contributed by atoms with Crippen LogP contribution in [0.25, 0.3) is 0 Å². The summed E-state index contributed by atoms with van der Waals surface area (Å²) >= 11 is 0. The van der Waals surface area contributed by atoms with Gasteiger partial charge in [-0.25, -0.2) is 9.59 Å². The molecule has 31 heteroatoms. The molecule has 2 rings (SSSR count). The molecule has 5 amide bonds. The van der Waals surface area contributed by atoms with E-state index < -0.39 is 107 Å². The van der Waals surface area contributed by atoms with E-state index in [2.05, 4.69) is 0 Å². The standard InChI is InChI=1S/C5H6N4O21S6/c10-1-4(31(13,14)15)5(32(16,17)18,8(35(25,26)27)2(11)6(1)33(19,20)21)9(36(28,29)30)3(12)7(4)34(22,23)24/h(H,13,14,15)(H,16,17,18)(H,19,20,21)(H,22,23,24)(H,25,26,27)(H,28,29,30). The Kier molecular flexibility index (Phi) is 6.12. The fourth-order valence-corrected chi connectivity index (χ4v) is 11.2. The van der Waals surface area contributed by atoms with E-state index in [1.807, 2.05) is 0 Å². The van der Waals surface area contributed by atoms with Gasteiger partial charge in [-0.1, -0.05) is 0 Å². The van der Waals surface area contributed by atoms with Crippen molar-refractivity contribution in [1.82, 2.24) is 17.2 Å². The number of fused-ring (bicyclic) bond motifs is 1. The Balaban J connectivity index is 3.72. The Labute approximate surface area is 198 Å². The van der Waals surface area contributed by atoms with Crippen LogP contribution in [0.2, 0.25) is 0 Å². The number of hydrogen-bond donors (Lipinski definition) is 6. The number of urea groups is 2. The predicted molar refractivity (Wildman–Crippen MR) is 97.9 cm³/mol. The highest BCUT2D eigenvalue weighted by molar-refractivity contribution is 7.96. The first-order valence-corrected chi connectivity index (χ1v) is 15.6. The molecule has 0 aromatic rings. The van der Waals surface area contributed by atoms with E-state index in [0.29, 0.717) is 0 Å². The fraction of sp³-hybridized carbons (Fsp3) is 0.400. The van der Waals surface area contributed by atoms with Gasteiger partial charge in [-0.05, 0) is 0 Å². The van der Waals surface area contributed by atoms with Gasteiger partial charge in [0.2, 0.25) is 0 Å². The van der Waals surface area contributed by atoms with Crippen LogP contribution >= 0.6 is 0 Å². The third-order valence-electron chi connectivity index (χ3n) is 4.10. The number of rotatable bonds is 6. The highest BCUT2D eigenvalue weighted by Gasteiger charge is 2.95. The second kappa shape index (κ2) is 7.37. The molecule has 2 heterocycles. The molecule has 0 aliphatic carbocycles. The lowest BCUT2D eigenvalue weighted by atomic mass is 10.1. The summed E-state index contributed by atoms with van der Waals surface area (Å²) in [6.07, 6.45) is 0. The lowest BCUT2D eigenvalue weighted by molar-refractivity contribution is -0.135. The summed E-state index contributed by atoms with van der Waals surface area (Å²) in [6, 6.07) is -7.22. The quantitative estimate of drug-likeness (QED) is 0.146. The summed E-state index contributed by atoms with van der Waals surface area (Å²) in [5.41, 5.74) is 0. The number of nitrogens with zero attached hydrogens (tertiary/aromatic N) is 4. The van der Waals surface area contributed by atoms with Crippen LogP contribution in [0, 0.1) is 0 Å². The van der Waals surface area contributed by atoms with E-state index >= 15 is 0 Å². The van der Waals surface area contributed by atoms with Crippen LogP contribution in [-0.4, -0.2) is 123 Å². The summed E-state index contributed by atoms with van der Waals surface area (Å²) in [5.74, 6) is -3.81. The highest BCUT2D eigenvalue weighted by atomic mass is 32.3.